The van der Waals surface area contributed by atoms with Crippen molar-refractivity contribution in [3.8, 4) is 0 Å². The van der Waals surface area contributed by atoms with Crippen molar-refractivity contribution in [2.75, 3.05) is 7.05 Å². The number of hydrogen-bond acceptors (Lipinski definition) is 3. The molecule has 0 radical (unpaired) electrons. The van der Waals surface area contributed by atoms with Gasteiger partial charge in [0.1, 0.15) is 0 Å². The monoisotopic (exact) mass is 269 g/mol. The van der Waals surface area contributed by atoms with Crippen molar-refractivity contribution < 1.29 is 9.59 Å². The first kappa shape index (κ1) is 13.7. The van der Waals surface area contributed by atoms with E-state index in [1.807, 2.05) is 12.1 Å². The fraction of sp³-hybridized carbons (Fsp3) is 0.133. The molecular weight excluding hydrogens is 254 g/mol. The number of nitrogens with one attached hydrogen (secondary N) is 2. The number of carbonyl (C=O) groups is 2. The fourth-order valence-corrected chi connectivity index (χ4v) is 1.70. The Morgan fingerprint density at radius 3 is 2.40 bits per heavy atom. The van der Waals surface area contributed by atoms with Crippen molar-refractivity contribution in [2.45, 2.75) is 6.54 Å². The van der Waals surface area contributed by atoms with Crippen molar-refractivity contribution in [2.24, 2.45) is 0 Å². The largest absolute Gasteiger partial charge is 0.355 e. The molecule has 5 nitrogen and oxygen atoms in total. The number of nitrogens with zero attached hydrogens (tertiary/aromatic N) is 1. The Morgan fingerprint density at radius 1 is 1.05 bits per heavy atom. The molecule has 2 N–H and O–H groups in total. The van der Waals surface area contributed by atoms with Crippen LogP contribution in [-0.2, 0) is 6.54 Å². The first-order valence-electron chi connectivity index (χ1n) is 6.20. The van der Waals surface area contributed by atoms with Gasteiger partial charge in [-0.25, -0.2) is 0 Å². The Bertz CT molecular complexity index is 594. The molecule has 1 aromatic carbocycles. The minimum absolute atomic E-state index is 0.129. The summed E-state index contributed by atoms with van der Waals surface area (Å²) in [5.74, 6) is -0.301. The second-order valence-electron chi connectivity index (χ2n) is 4.20. The number of benzene rings is 1. The van der Waals surface area contributed by atoms with Crippen LogP contribution in [0.2, 0.25) is 0 Å². The minimum atomic E-state index is -0.173. The Labute approximate surface area is 117 Å². The van der Waals surface area contributed by atoms with Crippen LogP contribution < -0.4 is 10.6 Å². The zero-order valence-electron chi connectivity index (χ0n) is 11.1. The number of carbonyl (C=O) groups excluding carboxylic acids is 2. The van der Waals surface area contributed by atoms with E-state index >= 15 is 0 Å². The van der Waals surface area contributed by atoms with Crippen molar-refractivity contribution in [1.82, 2.24) is 15.6 Å². The van der Waals surface area contributed by atoms with E-state index in [0.29, 0.717) is 17.7 Å². The van der Waals surface area contributed by atoms with E-state index in [9.17, 15) is 9.59 Å². The molecule has 0 aliphatic carbocycles. The highest BCUT2D eigenvalue weighted by Crippen LogP contribution is 2.05. The van der Waals surface area contributed by atoms with Gasteiger partial charge in [-0.3, -0.25) is 14.6 Å². The van der Waals surface area contributed by atoms with Crippen molar-refractivity contribution in [3.05, 3.63) is 65.5 Å². The molecule has 0 atom stereocenters. The zero-order chi connectivity index (χ0) is 14.4. The van der Waals surface area contributed by atoms with Crippen LogP contribution in [0, 0.1) is 0 Å². The minimum Gasteiger partial charge on any atom is -0.355 e. The summed E-state index contributed by atoms with van der Waals surface area (Å²) in [4.78, 5) is 27.1. The van der Waals surface area contributed by atoms with Gasteiger partial charge in [0.2, 0.25) is 0 Å². The molecule has 20 heavy (non-hydrogen) atoms. The maximum atomic E-state index is 11.8. The molecule has 2 aromatic rings. The number of rotatable bonds is 4. The average Bonchev–Trinajstić information content (AvgIpc) is 2.53. The van der Waals surface area contributed by atoms with Crippen molar-refractivity contribution in [3.63, 3.8) is 0 Å². The average molecular weight is 269 g/mol. The third kappa shape index (κ3) is 3.41. The lowest BCUT2D eigenvalue weighted by Gasteiger charge is -2.06. The van der Waals surface area contributed by atoms with E-state index in [1.54, 1.807) is 37.5 Å². The van der Waals surface area contributed by atoms with E-state index in [4.69, 9.17) is 0 Å². The first-order chi connectivity index (χ1) is 9.70. The number of hydrogen-bond donors (Lipinski definition) is 2. The zero-order valence-corrected chi connectivity index (χ0v) is 11.1. The van der Waals surface area contributed by atoms with Crippen LogP contribution in [0.15, 0.2) is 48.8 Å². The predicted octanol–water partition coefficient (Wildman–Crippen LogP) is 1.37. The lowest BCUT2D eigenvalue weighted by atomic mass is 10.1. The van der Waals surface area contributed by atoms with Gasteiger partial charge in [-0.1, -0.05) is 12.1 Å². The summed E-state index contributed by atoms with van der Waals surface area (Å²) in [7, 11) is 1.59. The first-order valence-corrected chi connectivity index (χ1v) is 6.20. The van der Waals surface area contributed by atoms with Gasteiger partial charge in [0.25, 0.3) is 11.8 Å². The van der Waals surface area contributed by atoms with Gasteiger partial charge in [-0.05, 0) is 29.8 Å². The molecule has 0 spiro atoms. The third-order valence-electron chi connectivity index (χ3n) is 2.82. The van der Waals surface area contributed by atoms with Crippen LogP contribution >= 0.6 is 0 Å². The Morgan fingerprint density at radius 2 is 1.80 bits per heavy atom. The summed E-state index contributed by atoms with van der Waals surface area (Å²) < 4.78 is 0. The Hall–Kier alpha value is -2.69. The quantitative estimate of drug-likeness (QED) is 0.880. The summed E-state index contributed by atoms with van der Waals surface area (Å²) in [6.45, 7) is 0.405. The lowest BCUT2D eigenvalue weighted by molar-refractivity contribution is 0.0945. The molecular formula is C15H15N3O2. The molecule has 2 rings (SSSR count). The van der Waals surface area contributed by atoms with E-state index in [-0.39, 0.29) is 11.8 Å². The smallest absolute Gasteiger partial charge is 0.253 e. The van der Waals surface area contributed by atoms with Crippen LogP contribution in [0.3, 0.4) is 0 Å². The highest BCUT2D eigenvalue weighted by atomic mass is 16.2. The SMILES string of the molecule is CNC(=O)c1ccc(CNC(=O)c2cccnc2)cc1. The highest BCUT2D eigenvalue weighted by Gasteiger charge is 2.05. The number of pyridine rings is 1. The molecule has 0 saturated carbocycles. The van der Waals surface area contributed by atoms with Gasteiger partial charge in [-0.15, -0.1) is 0 Å². The lowest BCUT2D eigenvalue weighted by Crippen LogP contribution is -2.23. The molecule has 0 aliphatic heterocycles. The van der Waals surface area contributed by atoms with Crippen LogP contribution in [0.25, 0.3) is 0 Å². The summed E-state index contributed by atoms with van der Waals surface area (Å²) in [5.41, 5.74) is 2.04. The van der Waals surface area contributed by atoms with Gasteiger partial charge in [-0.2, -0.15) is 0 Å². The van der Waals surface area contributed by atoms with Crippen molar-refractivity contribution in [1.29, 1.82) is 0 Å². The fourth-order valence-electron chi connectivity index (χ4n) is 1.70. The standard InChI is InChI=1S/C15H15N3O2/c1-16-14(19)12-6-4-11(5-7-12)9-18-15(20)13-3-2-8-17-10-13/h2-8,10H,9H2,1H3,(H,16,19)(H,18,20). The molecule has 0 bridgehead atoms. The summed E-state index contributed by atoms with van der Waals surface area (Å²) in [5, 5.41) is 5.36. The Balaban J connectivity index is 1.94. The molecule has 0 fully saturated rings. The van der Waals surface area contributed by atoms with Crippen molar-refractivity contribution >= 4 is 11.8 Å². The van der Waals surface area contributed by atoms with Gasteiger partial charge in [0.15, 0.2) is 0 Å². The van der Waals surface area contributed by atoms with Gasteiger partial charge < -0.3 is 10.6 Å². The second-order valence-corrected chi connectivity index (χ2v) is 4.20. The van der Waals surface area contributed by atoms with Crippen LogP contribution in [0.4, 0.5) is 0 Å². The molecule has 5 heteroatoms. The molecule has 0 aliphatic rings. The summed E-state index contributed by atoms with van der Waals surface area (Å²) >= 11 is 0. The topological polar surface area (TPSA) is 71.1 Å². The van der Waals surface area contributed by atoms with E-state index in [0.717, 1.165) is 5.56 Å². The third-order valence-corrected chi connectivity index (χ3v) is 2.82. The van der Waals surface area contributed by atoms with Gasteiger partial charge in [0, 0.05) is 31.5 Å². The highest BCUT2D eigenvalue weighted by molar-refractivity contribution is 5.94. The number of amides is 2. The summed E-state index contributed by atoms with van der Waals surface area (Å²) in [6, 6.07) is 10.5. The van der Waals surface area contributed by atoms with Crippen LogP contribution in [0.1, 0.15) is 26.3 Å². The van der Waals surface area contributed by atoms with Crippen LogP contribution in [0.5, 0.6) is 0 Å². The maximum Gasteiger partial charge on any atom is 0.253 e. The van der Waals surface area contributed by atoms with E-state index < -0.39 is 0 Å². The summed E-state index contributed by atoms with van der Waals surface area (Å²) in [6.07, 6.45) is 3.14. The predicted molar refractivity (Wildman–Crippen MR) is 75.2 cm³/mol. The molecule has 0 saturated heterocycles. The maximum absolute atomic E-state index is 11.8. The molecule has 2 amide bonds. The normalized spacial score (nSPS) is 9.85. The van der Waals surface area contributed by atoms with Gasteiger partial charge >= 0.3 is 0 Å². The van der Waals surface area contributed by atoms with E-state index in [2.05, 4.69) is 15.6 Å². The van der Waals surface area contributed by atoms with Crippen LogP contribution in [-0.4, -0.2) is 23.8 Å². The van der Waals surface area contributed by atoms with Gasteiger partial charge in [0.05, 0.1) is 5.56 Å². The second kappa shape index (κ2) is 6.47. The molecule has 102 valence electrons. The molecule has 1 heterocycles. The molecule has 0 unspecified atom stereocenters. The van der Waals surface area contributed by atoms with E-state index in [1.165, 1.54) is 6.20 Å². The Kier molecular flexibility index (Phi) is 4.44. The number of aromatic nitrogens is 1. The molecule has 1 aromatic heterocycles.